The van der Waals surface area contributed by atoms with E-state index in [0.717, 1.165) is 10.8 Å². The molecule has 1 heterocycles. The Bertz CT molecular complexity index is 921. The van der Waals surface area contributed by atoms with Gasteiger partial charge in [-0.15, -0.1) is 0 Å². The lowest BCUT2D eigenvalue weighted by atomic mass is 10.1. The molecule has 2 aromatic carbocycles. The van der Waals surface area contributed by atoms with Crippen LogP contribution in [0, 0.1) is 13.8 Å². The van der Waals surface area contributed by atoms with E-state index in [0.29, 0.717) is 17.1 Å². The number of hydrogen-bond acceptors (Lipinski definition) is 5. The Labute approximate surface area is 144 Å². The maximum atomic E-state index is 12.4. The topological polar surface area (TPSA) is 81.4 Å². The van der Waals surface area contributed by atoms with Crippen molar-refractivity contribution >= 4 is 28.3 Å². The van der Waals surface area contributed by atoms with Gasteiger partial charge in [0.1, 0.15) is 11.3 Å². The van der Waals surface area contributed by atoms with Crippen molar-refractivity contribution in [1.82, 2.24) is 5.16 Å². The number of nitrogens with zero attached hydrogens (tertiary/aromatic N) is 1. The van der Waals surface area contributed by atoms with Crippen LogP contribution in [0.3, 0.4) is 0 Å². The van der Waals surface area contributed by atoms with E-state index in [1.54, 1.807) is 13.8 Å². The zero-order valence-corrected chi connectivity index (χ0v) is 14.2. The van der Waals surface area contributed by atoms with Gasteiger partial charge >= 0.3 is 5.97 Å². The van der Waals surface area contributed by atoms with Crippen molar-refractivity contribution in [3.63, 3.8) is 0 Å². The molecule has 3 aromatic rings. The van der Waals surface area contributed by atoms with Gasteiger partial charge in [0, 0.05) is 11.1 Å². The van der Waals surface area contributed by atoms with Crippen LogP contribution in [0.5, 0.6) is 0 Å². The first-order valence-corrected chi connectivity index (χ1v) is 7.90. The zero-order chi connectivity index (χ0) is 18.0. The number of carbonyl (C=O) groups is 2. The molecule has 0 saturated carbocycles. The molecule has 6 nitrogen and oxygen atoms in total. The average Bonchev–Trinajstić information content (AvgIpc) is 2.93. The maximum Gasteiger partial charge on any atom is 0.344 e. The minimum atomic E-state index is -0.958. The van der Waals surface area contributed by atoms with E-state index in [9.17, 15) is 9.59 Å². The minimum absolute atomic E-state index is 0.254. The van der Waals surface area contributed by atoms with Crippen LogP contribution >= 0.6 is 0 Å². The van der Waals surface area contributed by atoms with Gasteiger partial charge in [0.05, 0.1) is 5.69 Å². The monoisotopic (exact) mass is 338 g/mol. The highest BCUT2D eigenvalue weighted by atomic mass is 16.5. The van der Waals surface area contributed by atoms with Gasteiger partial charge < -0.3 is 14.6 Å². The molecule has 128 valence electrons. The number of benzene rings is 2. The molecule has 0 spiro atoms. The quantitative estimate of drug-likeness (QED) is 0.735. The third kappa shape index (κ3) is 3.38. The first-order valence-electron chi connectivity index (χ1n) is 7.90. The molecular weight excluding hydrogens is 320 g/mol. The number of fused-ring (bicyclic) bond motifs is 1. The Balaban J connectivity index is 1.73. The first-order chi connectivity index (χ1) is 12.0. The molecule has 0 unspecified atom stereocenters. The summed E-state index contributed by atoms with van der Waals surface area (Å²) in [5.74, 6) is -0.669. The molecule has 0 aliphatic heterocycles. The largest absolute Gasteiger partial charge is 0.449 e. The lowest BCUT2D eigenvalue weighted by Gasteiger charge is -2.14. The number of aryl methyl sites for hydroxylation is 2. The summed E-state index contributed by atoms with van der Waals surface area (Å²) in [4.78, 5) is 24.6. The Kier molecular flexibility index (Phi) is 4.52. The van der Waals surface area contributed by atoms with Gasteiger partial charge in [-0.2, -0.15) is 0 Å². The predicted octanol–water partition coefficient (Wildman–Crippen LogP) is 3.63. The highest BCUT2D eigenvalue weighted by Gasteiger charge is 2.24. The summed E-state index contributed by atoms with van der Waals surface area (Å²) >= 11 is 0. The molecule has 6 heteroatoms. The number of rotatable bonds is 4. The Morgan fingerprint density at radius 1 is 1.12 bits per heavy atom. The Hall–Kier alpha value is -3.15. The van der Waals surface area contributed by atoms with Gasteiger partial charge in [-0.3, -0.25) is 4.79 Å². The van der Waals surface area contributed by atoms with E-state index >= 15 is 0 Å². The van der Waals surface area contributed by atoms with E-state index in [1.807, 2.05) is 42.5 Å². The van der Waals surface area contributed by atoms with E-state index in [4.69, 9.17) is 9.26 Å². The molecule has 3 rings (SSSR count). The standard InChI is InChI=1S/C19H18N2O4/c1-11-17(12(2)25-21-11)19(23)24-13(3)18(22)20-16-10-6-8-14-7-4-5-9-15(14)16/h4-10,13H,1-3H3,(H,20,22)/t13-/m0/s1. The summed E-state index contributed by atoms with van der Waals surface area (Å²) < 4.78 is 10.2. The van der Waals surface area contributed by atoms with E-state index in [-0.39, 0.29) is 5.56 Å². The van der Waals surface area contributed by atoms with Crippen LogP contribution in [-0.2, 0) is 9.53 Å². The van der Waals surface area contributed by atoms with Crippen molar-refractivity contribution in [3.8, 4) is 0 Å². The van der Waals surface area contributed by atoms with Gasteiger partial charge in [-0.25, -0.2) is 4.79 Å². The van der Waals surface area contributed by atoms with Crippen LogP contribution in [0.15, 0.2) is 47.0 Å². The molecule has 1 aromatic heterocycles. The lowest BCUT2D eigenvalue weighted by molar-refractivity contribution is -0.123. The van der Waals surface area contributed by atoms with Crippen LogP contribution in [0.25, 0.3) is 10.8 Å². The number of ether oxygens (including phenoxy) is 1. The molecule has 0 saturated heterocycles. The van der Waals surface area contributed by atoms with Gasteiger partial charge in [0.2, 0.25) is 0 Å². The molecule has 0 radical (unpaired) electrons. The van der Waals surface area contributed by atoms with Crippen LogP contribution in [0.1, 0.15) is 28.7 Å². The average molecular weight is 338 g/mol. The van der Waals surface area contributed by atoms with Gasteiger partial charge in [-0.1, -0.05) is 41.6 Å². The molecular formula is C19H18N2O4. The van der Waals surface area contributed by atoms with Crippen LogP contribution < -0.4 is 5.32 Å². The summed E-state index contributed by atoms with van der Waals surface area (Å²) in [6.45, 7) is 4.79. The molecule has 0 bridgehead atoms. The summed E-state index contributed by atoms with van der Waals surface area (Å²) in [6.07, 6.45) is -0.958. The van der Waals surface area contributed by atoms with Crippen molar-refractivity contribution < 1.29 is 18.8 Å². The molecule has 0 aliphatic carbocycles. The second-order valence-corrected chi connectivity index (χ2v) is 5.76. The Morgan fingerprint density at radius 3 is 2.56 bits per heavy atom. The molecule has 1 N–H and O–H groups in total. The number of anilines is 1. The molecule has 25 heavy (non-hydrogen) atoms. The lowest BCUT2D eigenvalue weighted by Crippen LogP contribution is -2.30. The SMILES string of the molecule is Cc1noc(C)c1C(=O)O[C@@H](C)C(=O)Nc1cccc2ccccc12. The van der Waals surface area contributed by atoms with E-state index in [2.05, 4.69) is 10.5 Å². The second kappa shape index (κ2) is 6.76. The van der Waals surface area contributed by atoms with Gasteiger partial charge in [0.15, 0.2) is 6.10 Å². The fraction of sp³-hybridized carbons (Fsp3) is 0.211. The van der Waals surface area contributed by atoms with Crippen molar-refractivity contribution in [3.05, 3.63) is 59.5 Å². The molecule has 1 atom stereocenters. The number of carbonyl (C=O) groups excluding carboxylic acids is 2. The van der Waals surface area contributed by atoms with Crippen LogP contribution in [-0.4, -0.2) is 23.1 Å². The summed E-state index contributed by atoms with van der Waals surface area (Å²) in [5.41, 5.74) is 1.36. The highest BCUT2D eigenvalue weighted by molar-refractivity contribution is 6.04. The third-order valence-electron chi connectivity index (χ3n) is 3.94. The van der Waals surface area contributed by atoms with Crippen LogP contribution in [0.2, 0.25) is 0 Å². The summed E-state index contributed by atoms with van der Waals surface area (Å²) in [7, 11) is 0. The number of hydrogen-bond donors (Lipinski definition) is 1. The smallest absolute Gasteiger partial charge is 0.344 e. The predicted molar refractivity (Wildman–Crippen MR) is 93.4 cm³/mol. The van der Waals surface area contributed by atoms with Gasteiger partial charge in [0.25, 0.3) is 5.91 Å². The maximum absolute atomic E-state index is 12.4. The third-order valence-corrected chi connectivity index (χ3v) is 3.94. The normalized spacial score (nSPS) is 12.0. The number of esters is 1. The van der Waals surface area contributed by atoms with Gasteiger partial charge in [-0.05, 0) is 32.2 Å². The highest BCUT2D eigenvalue weighted by Crippen LogP contribution is 2.23. The first kappa shape index (κ1) is 16.7. The molecule has 0 fully saturated rings. The zero-order valence-electron chi connectivity index (χ0n) is 14.2. The summed E-state index contributed by atoms with van der Waals surface area (Å²) in [6, 6.07) is 13.4. The molecule has 1 amide bonds. The van der Waals surface area contributed by atoms with Crippen molar-refractivity contribution in [2.24, 2.45) is 0 Å². The number of amides is 1. The minimum Gasteiger partial charge on any atom is -0.449 e. The van der Waals surface area contributed by atoms with Crippen molar-refractivity contribution in [1.29, 1.82) is 0 Å². The number of nitrogens with one attached hydrogen (secondary N) is 1. The fourth-order valence-electron chi connectivity index (χ4n) is 2.62. The van der Waals surface area contributed by atoms with Crippen molar-refractivity contribution in [2.75, 3.05) is 5.32 Å². The van der Waals surface area contributed by atoms with Crippen molar-refractivity contribution in [2.45, 2.75) is 26.9 Å². The second-order valence-electron chi connectivity index (χ2n) is 5.76. The Morgan fingerprint density at radius 2 is 1.84 bits per heavy atom. The molecule has 0 aliphatic rings. The van der Waals surface area contributed by atoms with Crippen LogP contribution in [0.4, 0.5) is 5.69 Å². The van der Waals surface area contributed by atoms with E-state index in [1.165, 1.54) is 6.92 Å². The fourth-order valence-corrected chi connectivity index (χ4v) is 2.62. The number of aromatic nitrogens is 1. The van der Waals surface area contributed by atoms with E-state index < -0.39 is 18.0 Å². The summed E-state index contributed by atoms with van der Waals surface area (Å²) in [5, 5.41) is 8.46.